The van der Waals surface area contributed by atoms with Gasteiger partial charge in [-0.25, -0.2) is 4.79 Å². The molecule has 0 saturated carbocycles. The molecule has 0 amide bonds. The summed E-state index contributed by atoms with van der Waals surface area (Å²) in [4.78, 5) is 24.5. The van der Waals surface area contributed by atoms with Crippen molar-refractivity contribution in [3.63, 3.8) is 0 Å². The number of aliphatic imine (C=N–C) groups is 1. The van der Waals surface area contributed by atoms with Crippen molar-refractivity contribution in [1.29, 1.82) is 0 Å². The molecule has 7 heteroatoms. The summed E-state index contributed by atoms with van der Waals surface area (Å²) in [5.41, 5.74) is 0.388. The van der Waals surface area contributed by atoms with Crippen LogP contribution in [0.15, 0.2) is 29.3 Å². The molecular formula is C10H10N2O5. The molecule has 0 aliphatic rings. The fourth-order valence-corrected chi connectivity index (χ4v) is 1.02. The Hall–Kier alpha value is -2.44. The summed E-state index contributed by atoms with van der Waals surface area (Å²) >= 11 is 0. The average molecular weight is 238 g/mol. The van der Waals surface area contributed by atoms with Crippen LogP contribution in [0.1, 0.15) is 0 Å². The van der Waals surface area contributed by atoms with E-state index in [0.29, 0.717) is 5.69 Å². The first-order chi connectivity index (χ1) is 8.04. The lowest BCUT2D eigenvalue weighted by Gasteiger charge is -2.01. The van der Waals surface area contributed by atoms with Gasteiger partial charge in [0.1, 0.15) is 5.75 Å². The van der Waals surface area contributed by atoms with Crippen molar-refractivity contribution in [3.05, 3.63) is 34.4 Å². The number of carbonyl (C=O) groups is 1. The molecule has 7 nitrogen and oxygen atoms in total. The number of phenolic OH excluding ortho intramolecular Hbond substituents is 1. The second kappa shape index (κ2) is 5.59. The Labute approximate surface area is 96.5 Å². The van der Waals surface area contributed by atoms with E-state index < -0.39 is 16.9 Å². The van der Waals surface area contributed by atoms with Gasteiger partial charge in [-0.1, -0.05) is 0 Å². The largest absolute Gasteiger partial charge is 0.508 e. The Kier molecular flexibility index (Phi) is 4.15. The molecule has 1 unspecified atom stereocenters. The van der Waals surface area contributed by atoms with E-state index in [4.69, 9.17) is 5.11 Å². The van der Waals surface area contributed by atoms with E-state index >= 15 is 0 Å². The minimum atomic E-state index is -1.63. The summed E-state index contributed by atoms with van der Waals surface area (Å²) in [6.45, 7) is 0. The molecule has 0 saturated heterocycles. The average Bonchev–Trinajstić information content (AvgIpc) is 2.31. The molecule has 0 aliphatic carbocycles. The number of phenols is 1. The van der Waals surface area contributed by atoms with E-state index in [-0.39, 0.29) is 5.75 Å². The van der Waals surface area contributed by atoms with E-state index in [2.05, 4.69) is 9.73 Å². The zero-order valence-electron chi connectivity index (χ0n) is 8.94. The molecule has 0 fully saturated rings. The highest BCUT2D eigenvalue weighted by atomic mass is 16.6. The molecule has 1 aromatic carbocycles. The Balaban J connectivity index is 2.83. The summed E-state index contributed by atoms with van der Waals surface area (Å²) < 4.78 is 4.27. The van der Waals surface area contributed by atoms with Crippen LogP contribution in [0.25, 0.3) is 0 Å². The lowest BCUT2D eigenvalue weighted by atomic mass is 10.3. The summed E-state index contributed by atoms with van der Waals surface area (Å²) in [7, 11) is 1.06. The fraction of sp³-hybridized carbons (Fsp3) is 0.200. The van der Waals surface area contributed by atoms with Gasteiger partial charge in [-0.15, -0.1) is 0 Å². The van der Waals surface area contributed by atoms with Gasteiger partial charge in [0.2, 0.25) is 0 Å². The monoisotopic (exact) mass is 238 g/mol. The third-order valence-corrected chi connectivity index (χ3v) is 1.88. The van der Waals surface area contributed by atoms with Crippen molar-refractivity contribution < 1.29 is 19.6 Å². The van der Waals surface area contributed by atoms with E-state index in [1.54, 1.807) is 0 Å². The van der Waals surface area contributed by atoms with Crippen molar-refractivity contribution in [1.82, 2.24) is 0 Å². The predicted octanol–water partition coefficient (Wildman–Crippen LogP) is 0.913. The Morgan fingerprint density at radius 2 is 2.12 bits per heavy atom. The topological polar surface area (TPSA) is 102 Å². The van der Waals surface area contributed by atoms with Gasteiger partial charge in [0, 0.05) is 4.92 Å². The van der Waals surface area contributed by atoms with Crippen molar-refractivity contribution >= 4 is 17.9 Å². The van der Waals surface area contributed by atoms with Crippen LogP contribution < -0.4 is 0 Å². The number of aromatic hydroxyl groups is 1. The second-order valence-electron chi connectivity index (χ2n) is 3.05. The highest BCUT2D eigenvalue weighted by molar-refractivity contribution is 5.93. The van der Waals surface area contributed by atoms with Crippen molar-refractivity contribution in [2.24, 2.45) is 4.99 Å². The molecule has 1 N–H and O–H groups in total. The molecular weight excluding hydrogens is 228 g/mol. The number of carbonyl (C=O) groups excluding carboxylic acids is 1. The highest BCUT2D eigenvalue weighted by Crippen LogP contribution is 2.16. The van der Waals surface area contributed by atoms with Gasteiger partial charge in [0.25, 0.3) is 0 Å². The van der Waals surface area contributed by atoms with Gasteiger partial charge >= 0.3 is 12.0 Å². The third kappa shape index (κ3) is 3.56. The molecule has 0 spiro atoms. The van der Waals surface area contributed by atoms with Gasteiger partial charge in [-0.3, -0.25) is 15.1 Å². The first-order valence-electron chi connectivity index (χ1n) is 4.59. The summed E-state index contributed by atoms with van der Waals surface area (Å²) in [5, 5.41) is 19.6. The van der Waals surface area contributed by atoms with Gasteiger partial charge in [0.15, 0.2) is 0 Å². The predicted molar refractivity (Wildman–Crippen MR) is 59.1 cm³/mol. The number of benzene rings is 1. The standard InChI is InChI=1S/C10H10N2O5/c1-17-10(14)9(12(15)16)6-11-7-2-4-8(13)5-3-7/h2-6,9,13H,1H3. The van der Waals surface area contributed by atoms with Gasteiger partial charge in [0.05, 0.1) is 19.0 Å². The van der Waals surface area contributed by atoms with Gasteiger partial charge in [-0.2, -0.15) is 0 Å². The minimum Gasteiger partial charge on any atom is -0.508 e. The van der Waals surface area contributed by atoms with Crippen LogP contribution >= 0.6 is 0 Å². The Morgan fingerprint density at radius 1 is 1.53 bits per heavy atom. The summed E-state index contributed by atoms with van der Waals surface area (Å²) in [6.07, 6.45) is 0.887. The summed E-state index contributed by atoms with van der Waals surface area (Å²) in [6, 6.07) is 4.05. The van der Waals surface area contributed by atoms with Crippen LogP contribution in [0.5, 0.6) is 5.75 Å². The van der Waals surface area contributed by atoms with E-state index in [0.717, 1.165) is 13.3 Å². The number of rotatable bonds is 4. The van der Waals surface area contributed by atoms with E-state index in [1.165, 1.54) is 24.3 Å². The normalized spacial score (nSPS) is 12.3. The lowest BCUT2D eigenvalue weighted by molar-refractivity contribution is -0.490. The molecule has 1 aromatic rings. The molecule has 0 radical (unpaired) electrons. The van der Waals surface area contributed by atoms with E-state index in [9.17, 15) is 14.9 Å². The van der Waals surface area contributed by atoms with Crippen molar-refractivity contribution in [3.8, 4) is 5.75 Å². The Bertz CT molecular complexity index is 441. The number of nitro groups is 1. The van der Waals surface area contributed by atoms with Gasteiger partial charge in [-0.05, 0) is 24.3 Å². The molecule has 1 atom stereocenters. The first kappa shape index (κ1) is 12.6. The number of hydrogen-bond donors (Lipinski definition) is 1. The molecule has 0 aliphatic heterocycles. The molecule has 0 bridgehead atoms. The quantitative estimate of drug-likeness (QED) is 0.363. The van der Waals surface area contributed by atoms with Crippen LogP contribution in [0.3, 0.4) is 0 Å². The highest BCUT2D eigenvalue weighted by Gasteiger charge is 2.28. The number of methoxy groups -OCH3 is 1. The molecule has 90 valence electrons. The number of nitrogens with zero attached hydrogens (tertiary/aromatic N) is 2. The van der Waals surface area contributed by atoms with Crippen LogP contribution in [-0.2, 0) is 9.53 Å². The van der Waals surface area contributed by atoms with Gasteiger partial charge < -0.3 is 9.84 Å². The van der Waals surface area contributed by atoms with Crippen molar-refractivity contribution in [2.75, 3.05) is 7.11 Å². The lowest BCUT2D eigenvalue weighted by Crippen LogP contribution is -2.31. The molecule has 17 heavy (non-hydrogen) atoms. The van der Waals surface area contributed by atoms with Crippen LogP contribution in [0.4, 0.5) is 5.69 Å². The van der Waals surface area contributed by atoms with Crippen molar-refractivity contribution in [2.45, 2.75) is 6.04 Å². The first-order valence-corrected chi connectivity index (χ1v) is 4.59. The molecule has 0 aromatic heterocycles. The zero-order valence-corrected chi connectivity index (χ0v) is 8.94. The maximum Gasteiger partial charge on any atom is 0.387 e. The number of esters is 1. The zero-order chi connectivity index (χ0) is 12.8. The van der Waals surface area contributed by atoms with Crippen LogP contribution in [0, 0.1) is 10.1 Å². The van der Waals surface area contributed by atoms with Crippen LogP contribution in [0.2, 0.25) is 0 Å². The SMILES string of the molecule is COC(=O)C(C=Nc1ccc(O)cc1)[N+](=O)[O-]. The summed E-state index contributed by atoms with van der Waals surface area (Å²) in [5.74, 6) is -0.930. The smallest absolute Gasteiger partial charge is 0.387 e. The van der Waals surface area contributed by atoms with E-state index in [1.807, 2.05) is 0 Å². The Morgan fingerprint density at radius 3 is 2.59 bits per heavy atom. The second-order valence-corrected chi connectivity index (χ2v) is 3.05. The molecule has 1 rings (SSSR count). The minimum absolute atomic E-state index is 0.0581. The maximum absolute atomic E-state index is 11.0. The molecule has 0 heterocycles. The number of hydrogen-bond acceptors (Lipinski definition) is 6. The number of ether oxygens (including phenoxy) is 1. The third-order valence-electron chi connectivity index (χ3n) is 1.88. The maximum atomic E-state index is 11.0. The fourth-order valence-electron chi connectivity index (χ4n) is 1.02. The van der Waals surface area contributed by atoms with Crippen LogP contribution in [-0.4, -0.2) is 35.4 Å².